The van der Waals surface area contributed by atoms with Crippen LogP contribution in [-0.4, -0.2) is 18.9 Å². The second-order valence-electron chi connectivity index (χ2n) is 15.9. The van der Waals surface area contributed by atoms with Crippen molar-refractivity contribution in [2.24, 2.45) is 11.3 Å². The van der Waals surface area contributed by atoms with Gasteiger partial charge in [0.25, 0.3) is 0 Å². The highest BCUT2D eigenvalue weighted by Crippen LogP contribution is 2.62. The Balaban J connectivity index is 1.03. The highest BCUT2D eigenvalue weighted by Gasteiger charge is 2.49. The van der Waals surface area contributed by atoms with Gasteiger partial charge >= 0.3 is 0 Å². The van der Waals surface area contributed by atoms with Gasteiger partial charge in [-0.3, -0.25) is 4.40 Å². The molecular weight excluding hydrogens is 633 g/mol. The summed E-state index contributed by atoms with van der Waals surface area (Å²) in [6.07, 6.45) is 21.9. The highest BCUT2D eigenvalue weighted by molar-refractivity contribution is 6.09. The van der Waals surface area contributed by atoms with E-state index < -0.39 is 0 Å². The lowest BCUT2D eigenvalue weighted by atomic mass is 9.69. The minimum Gasteiger partial charge on any atom is -0.309 e. The lowest BCUT2D eigenvalue weighted by Gasteiger charge is -2.34. The third kappa shape index (κ3) is 4.33. The molecule has 52 heavy (non-hydrogen) atoms. The zero-order chi connectivity index (χ0) is 35.4. The quantitative estimate of drug-likeness (QED) is 0.171. The number of rotatable bonds is 5. The predicted octanol–water partition coefficient (Wildman–Crippen LogP) is 11.8. The Labute approximate surface area is 305 Å². The zero-order valence-corrected chi connectivity index (χ0v) is 30.3. The van der Waals surface area contributed by atoms with E-state index in [0.29, 0.717) is 5.92 Å². The van der Waals surface area contributed by atoms with E-state index in [1.165, 1.54) is 60.9 Å². The number of hydrogen-bond donors (Lipinski definition) is 0. The van der Waals surface area contributed by atoms with E-state index in [1.807, 2.05) is 35.0 Å². The van der Waals surface area contributed by atoms with Crippen LogP contribution in [0.1, 0.15) is 69.5 Å². The Morgan fingerprint density at radius 2 is 1.56 bits per heavy atom. The SMILES string of the molecule is C=C/C=C\C=C\c1cc(C2=CC3=C(CC2)C2=C(C=C4c5ccc(-n6c7ccccc7c7ccccc76)cc5C(C)(C)C4C2)C3(C)C)nc2nccn12. The summed E-state index contributed by atoms with van der Waals surface area (Å²) in [5.41, 5.74) is 17.6. The van der Waals surface area contributed by atoms with Crippen LogP contribution in [0.2, 0.25) is 0 Å². The van der Waals surface area contributed by atoms with E-state index in [9.17, 15) is 0 Å². The van der Waals surface area contributed by atoms with Crippen molar-refractivity contribution in [1.82, 2.24) is 18.9 Å². The molecule has 3 heterocycles. The molecule has 0 saturated heterocycles. The molecule has 4 nitrogen and oxygen atoms in total. The van der Waals surface area contributed by atoms with Crippen LogP contribution in [-0.2, 0) is 5.41 Å². The first-order valence-corrected chi connectivity index (χ1v) is 18.6. The molecule has 254 valence electrons. The molecule has 0 spiro atoms. The summed E-state index contributed by atoms with van der Waals surface area (Å²) in [4.78, 5) is 9.60. The average molecular weight is 675 g/mol. The van der Waals surface area contributed by atoms with E-state index in [1.54, 1.807) is 17.2 Å². The van der Waals surface area contributed by atoms with Crippen LogP contribution >= 0.6 is 0 Å². The largest absolute Gasteiger partial charge is 0.309 e. The number of aromatic nitrogens is 4. The van der Waals surface area contributed by atoms with E-state index in [4.69, 9.17) is 4.98 Å². The van der Waals surface area contributed by atoms with E-state index in [0.717, 1.165) is 36.4 Å². The fraction of sp³-hybridized carbons (Fsp3) is 0.208. The van der Waals surface area contributed by atoms with Gasteiger partial charge in [-0.05, 0) is 112 Å². The number of imidazole rings is 1. The van der Waals surface area contributed by atoms with Gasteiger partial charge in [0.15, 0.2) is 0 Å². The maximum atomic E-state index is 5.03. The first-order chi connectivity index (χ1) is 25.3. The molecule has 0 amide bonds. The molecule has 1 atom stereocenters. The van der Waals surface area contributed by atoms with Crippen LogP contribution in [0, 0.1) is 11.3 Å². The second-order valence-corrected chi connectivity index (χ2v) is 15.9. The molecule has 0 radical (unpaired) electrons. The number of hydrogen-bond acceptors (Lipinski definition) is 2. The van der Waals surface area contributed by atoms with Gasteiger partial charge in [-0.1, -0.05) is 113 Å². The van der Waals surface area contributed by atoms with E-state index in [2.05, 4.69) is 135 Å². The Morgan fingerprint density at radius 1 is 0.808 bits per heavy atom. The molecule has 0 N–H and O–H groups in total. The minimum absolute atomic E-state index is 0.00586. The lowest BCUT2D eigenvalue weighted by molar-refractivity contribution is 0.406. The molecule has 3 aromatic carbocycles. The van der Waals surface area contributed by atoms with Crippen molar-refractivity contribution < 1.29 is 0 Å². The normalized spacial score (nSPS) is 20.2. The molecule has 4 aliphatic carbocycles. The number of benzene rings is 3. The molecule has 3 aromatic heterocycles. The summed E-state index contributed by atoms with van der Waals surface area (Å²) >= 11 is 0. The van der Waals surface area contributed by atoms with E-state index in [-0.39, 0.29) is 10.8 Å². The van der Waals surface area contributed by atoms with Gasteiger partial charge < -0.3 is 4.57 Å². The van der Waals surface area contributed by atoms with Crippen molar-refractivity contribution in [2.45, 2.75) is 52.4 Å². The third-order valence-corrected chi connectivity index (χ3v) is 12.5. The van der Waals surface area contributed by atoms with Crippen LogP contribution in [0.3, 0.4) is 0 Å². The van der Waals surface area contributed by atoms with Gasteiger partial charge in [-0.15, -0.1) is 0 Å². The van der Waals surface area contributed by atoms with E-state index >= 15 is 0 Å². The van der Waals surface area contributed by atoms with Gasteiger partial charge in [0.2, 0.25) is 5.78 Å². The first kappa shape index (κ1) is 31.0. The number of fused-ring (bicyclic) bond motifs is 8. The Bertz CT molecular complexity index is 2670. The van der Waals surface area contributed by atoms with Gasteiger partial charge in [0.05, 0.1) is 22.4 Å². The fourth-order valence-corrected chi connectivity index (χ4v) is 9.83. The zero-order valence-electron chi connectivity index (χ0n) is 30.3. The topological polar surface area (TPSA) is 35.1 Å². The molecule has 1 unspecified atom stereocenters. The molecule has 10 rings (SSSR count). The number of allylic oxidation sites excluding steroid dienone is 12. The van der Waals surface area contributed by atoms with Crippen LogP contribution in [0.15, 0.2) is 151 Å². The van der Waals surface area contributed by atoms with Gasteiger partial charge in [0.1, 0.15) is 0 Å². The fourth-order valence-electron chi connectivity index (χ4n) is 9.83. The summed E-state index contributed by atoms with van der Waals surface area (Å²) in [7, 11) is 0. The summed E-state index contributed by atoms with van der Waals surface area (Å²) in [5, 5.41) is 2.61. The van der Waals surface area contributed by atoms with Crippen molar-refractivity contribution in [1.29, 1.82) is 0 Å². The summed E-state index contributed by atoms with van der Waals surface area (Å²) in [5.74, 6) is 1.17. The summed E-state index contributed by atoms with van der Waals surface area (Å²) in [6.45, 7) is 13.6. The van der Waals surface area contributed by atoms with Crippen molar-refractivity contribution >= 4 is 44.8 Å². The van der Waals surface area contributed by atoms with Crippen molar-refractivity contribution in [3.63, 3.8) is 0 Å². The van der Waals surface area contributed by atoms with Crippen molar-refractivity contribution in [3.05, 3.63) is 173 Å². The minimum atomic E-state index is -0.0836. The third-order valence-electron chi connectivity index (χ3n) is 12.5. The number of nitrogens with zero attached hydrogens (tertiary/aromatic N) is 4. The van der Waals surface area contributed by atoms with Crippen LogP contribution < -0.4 is 0 Å². The molecule has 0 fully saturated rings. The van der Waals surface area contributed by atoms with Gasteiger partial charge in [0, 0.05) is 34.3 Å². The highest BCUT2D eigenvalue weighted by atomic mass is 15.1. The molecule has 6 aromatic rings. The molecule has 0 saturated carbocycles. The Kier molecular flexibility index (Phi) is 6.64. The first-order valence-electron chi connectivity index (χ1n) is 18.6. The maximum absolute atomic E-state index is 5.03. The monoisotopic (exact) mass is 674 g/mol. The van der Waals surface area contributed by atoms with Gasteiger partial charge in [-0.2, -0.15) is 0 Å². The Morgan fingerprint density at radius 3 is 2.33 bits per heavy atom. The second kappa shape index (κ2) is 11.1. The lowest BCUT2D eigenvalue weighted by Crippen LogP contribution is -2.26. The summed E-state index contributed by atoms with van der Waals surface area (Å²) in [6, 6.07) is 27.1. The maximum Gasteiger partial charge on any atom is 0.234 e. The van der Waals surface area contributed by atoms with Crippen LogP contribution in [0.4, 0.5) is 0 Å². The predicted molar refractivity (Wildman–Crippen MR) is 216 cm³/mol. The van der Waals surface area contributed by atoms with Crippen molar-refractivity contribution in [2.75, 3.05) is 0 Å². The average Bonchev–Trinajstić information content (AvgIpc) is 3.88. The van der Waals surface area contributed by atoms with Crippen LogP contribution in [0.5, 0.6) is 0 Å². The molecular formula is C48H42N4. The molecule has 0 bridgehead atoms. The molecule has 4 aliphatic rings. The summed E-state index contributed by atoms with van der Waals surface area (Å²) < 4.78 is 4.51. The smallest absolute Gasteiger partial charge is 0.234 e. The standard InChI is InChI=1S/C48H42N4/c1-6-7-8-9-14-31-27-43(50-46-49-23-24-51(31)46)30-19-21-33-37-28-42-38(29-41(37)47(2,3)39(33)25-30)34-22-20-32(26-40(34)48(42,4)5)52-44-17-12-10-15-35(44)36-16-11-13-18-45(36)52/h6-18,20,22-27,29,42H,1,19,21,28H2,2-5H3/b8-7-,14-9+. The van der Waals surface area contributed by atoms with Crippen LogP contribution in [0.25, 0.3) is 50.5 Å². The molecule has 0 aliphatic heterocycles. The van der Waals surface area contributed by atoms with Gasteiger partial charge in [-0.25, -0.2) is 9.97 Å². The molecule has 4 heteroatoms. The number of para-hydroxylation sites is 2. The Hall–Kier alpha value is -5.74. The van der Waals surface area contributed by atoms with Crippen molar-refractivity contribution in [3.8, 4) is 5.69 Å².